The first-order valence-electron chi connectivity index (χ1n) is 6.73. The number of hydrogen-bond acceptors (Lipinski definition) is 4. The first-order valence-corrected chi connectivity index (χ1v) is 6.73. The SMILES string of the molecule is CCc1cn(CCOc2ccc(OC)cc2)c(=O)[nH]c1=O. The van der Waals surface area contributed by atoms with Crippen LogP contribution >= 0.6 is 0 Å². The summed E-state index contributed by atoms with van der Waals surface area (Å²) in [6.45, 7) is 2.57. The number of methoxy groups -OCH3 is 1. The van der Waals surface area contributed by atoms with Crippen molar-refractivity contribution in [2.75, 3.05) is 13.7 Å². The third-order valence-electron chi connectivity index (χ3n) is 3.13. The Bertz CT molecular complexity index is 701. The minimum absolute atomic E-state index is 0.324. The molecule has 1 aromatic carbocycles. The number of aromatic nitrogens is 2. The molecule has 0 unspecified atom stereocenters. The molecular formula is C15H18N2O4. The molecule has 0 saturated carbocycles. The number of ether oxygens (including phenoxy) is 2. The Morgan fingerprint density at radius 1 is 1.14 bits per heavy atom. The highest BCUT2D eigenvalue weighted by atomic mass is 16.5. The van der Waals surface area contributed by atoms with Gasteiger partial charge in [0.2, 0.25) is 0 Å². The van der Waals surface area contributed by atoms with Crippen molar-refractivity contribution in [1.29, 1.82) is 0 Å². The fraction of sp³-hybridized carbons (Fsp3) is 0.333. The predicted octanol–water partition coefficient (Wildman–Crippen LogP) is 1.19. The first-order chi connectivity index (χ1) is 10.1. The monoisotopic (exact) mass is 290 g/mol. The summed E-state index contributed by atoms with van der Waals surface area (Å²) in [6.07, 6.45) is 2.16. The summed E-state index contributed by atoms with van der Waals surface area (Å²) in [7, 11) is 1.60. The smallest absolute Gasteiger partial charge is 0.328 e. The van der Waals surface area contributed by atoms with E-state index in [-0.39, 0.29) is 5.56 Å². The number of nitrogens with one attached hydrogen (secondary N) is 1. The molecule has 6 nitrogen and oxygen atoms in total. The molecule has 0 amide bonds. The Hall–Kier alpha value is -2.50. The molecule has 0 bridgehead atoms. The fourth-order valence-electron chi connectivity index (χ4n) is 1.91. The van der Waals surface area contributed by atoms with Crippen LogP contribution in [0.5, 0.6) is 11.5 Å². The molecule has 1 heterocycles. The van der Waals surface area contributed by atoms with Crippen LogP contribution in [-0.2, 0) is 13.0 Å². The Morgan fingerprint density at radius 2 is 1.81 bits per heavy atom. The summed E-state index contributed by atoms with van der Waals surface area (Å²) >= 11 is 0. The molecule has 6 heteroatoms. The van der Waals surface area contributed by atoms with Crippen molar-refractivity contribution < 1.29 is 9.47 Å². The molecule has 2 aromatic rings. The number of benzene rings is 1. The van der Waals surface area contributed by atoms with Crippen molar-refractivity contribution >= 4 is 0 Å². The average Bonchev–Trinajstić information content (AvgIpc) is 2.50. The molecule has 0 aliphatic heterocycles. The summed E-state index contributed by atoms with van der Waals surface area (Å²) in [5.74, 6) is 1.45. The normalized spacial score (nSPS) is 10.4. The van der Waals surface area contributed by atoms with Crippen LogP contribution in [0.4, 0.5) is 0 Å². The van der Waals surface area contributed by atoms with Gasteiger partial charge in [-0.15, -0.1) is 0 Å². The summed E-state index contributed by atoms with van der Waals surface area (Å²) in [6, 6.07) is 7.20. The summed E-state index contributed by atoms with van der Waals surface area (Å²) in [5.41, 5.74) is -0.163. The fourth-order valence-corrected chi connectivity index (χ4v) is 1.91. The standard InChI is InChI=1S/C15H18N2O4/c1-3-11-10-17(15(19)16-14(11)18)8-9-21-13-6-4-12(20-2)5-7-13/h4-7,10H,3,8-9H2,1-2H3,(H,16,18,19). The van der Waals surface area contributed by atoms with E-state index in [1.807, 2.05) is 6.92 Å². The van der Waals surface area contributed by atoms with Crippen molar-refractivity contribution in [1.82, 2.24) is 9.55 Å². The zero-order valence-corrected chi connectivity index (χ0v) is 12.1. The molecule has 0 spiro atoms. The number of aromatic amines is 1. The van der Waals surface area contributed by atoms with E-state index in [0.717, 1.165) is 5.75 Å². The lowest BCUT2D eigenvalue weighted by Crippen LogP contribution is -2.32. The van der Waals surface area contributed by atoms with Crippen molar-refractivity contribution in [3.05, 3.63) is 56.9 Å². The van der Waals surface area contributed by atoms with Crippen LogP contribution in [0, 0.1) is 0 Å². The second-order valence-corrected chi connectivity index (χ2v) is 4.48. The van der Waals surface area contributed by atoms with Gasteiger partial charge in [-0.3, -0.25) is 14.3 Å². The number of nitrogens with zero attached hydrogens (tertiary/aromatic N) is 1. The van der Waals surface area contributed by atoms with Gasteiger partial charge in [-0.25, -0.2) is 4.79 Å². The largest absolute Gasteiger partial charge is 0.497 e. The minimum atomic E-state index is -0.421. The molecule has 1 N–H and O–H groups in total. The molecule has 1 aromatic heterocycles. The molecular weight excluding hydrogens is 272 g/mol. The van der Waals surface area contributed by atoms with E-state index < -0.39 is 5.69 Å². The van der Waals surface area contributed by atoms with Crippen molar-refractivity contribution in [2.45, 2.75) is 19.9 Å². The lowest BCUT2D eigenvalue weighted by Gasteiger charge is -2.09. The Balaban J connectivity index is 1.99. The van der Waals surface area contributed by atoms with Crippen LogP contribution in [0.1, 0.15) is 12.5 Å². The van der Waals surface area contributed by atoms with Gasteiger partial charge in [0, 0.05) is 11.8 Å². The van der Waals surface area contributed by atoms with Gasteiger partial charge in [-0.1, -0.05) is 6.92 Å². The van der Waals surface area contributed by atoms with Crippen LogP contribution in [-0.4, -0.2) is 23.3 Å². The zero-order chi connectivity index (χ0) is 15.2. The van der Waals surface area contributed by atoms with E-state index in [2.05, 4.69) is 4.98 Å². The molecule has 0 aliphatic carbocycles. The second kappa shape index (κ2) is 6.78. The topological polar surface area (TPSA) is 73.3 Å². The van der Waals surface area contributed by atoms with Crippen molar-refractivity contribution in [2.24, 2.45) is 0 Å². The number of rotatable bonds is 6. The maximum absolute atomic E-state index is 11.7. The van der Waals surface area contributed by atoms with Gasteiger partial charge in [-0.2, -0.15) is 0 Å². The van der Waals surface area contributed by atoms with Gasteiger partial charge in [-0.05, 0) is 30.7 Å². The van der Waals surface area contributed by atoms with Gasteiger partial charge in [0.05, 0.1) is 13.7 Å². The van der Waals surface area contributed by atoms with Crippen molar-refractivity contribution in [3.8, 4) is 11.5 Å². The molecule has 0 saturated heterocycles. The van der Waals surface area contributed by atoms with E-state index in [1.54, 1.807) is 37.6 Å². The highest BCUT2D eigenvalue weighted by molar-refractivity contribution is 5.31. The number of hydrogen-bond donors (Lipinski definition) is 1. The number of aryl methyl sites for hydroxylation is 1. The van der Waals surface area contributed by atoms with Crippen LogP contribution in [0.2, 0.25) is 0 Å². The maximum atomic E-state index is 11.7. The third-order valence-corrected chi connectivity index (χ3v) is 3.13. The van der Waals surface area contributed by atoms with Gasteiger partial charge in [0.25, 0.3) is 5.56 Å². The predicted molar refractivity (Wildman–Crippen MR) is 79.2 cm³/mol. The van der Waals surface area contributed by atoms with E-state index in [9.17, 15) is 9.59 Å². The molecule has 0 radical (unpaired) electrons. The minimum Gasteiger partial charge on any atom is -0.497 e. The lowest BCUT2D eigenvalue weighted by molar-refractivity contribution is 0.294. The second-order valence-electron chi connectivity index (χ2n) is 4.48. The Labute approximate surface area is 122 Å². The van der Waals surface area contributed by atoms with E-state index in [1.165, 1.54) is 4.57 Å². The highest BCUT2D eigenvalue weighted by Crippen LogP contribution is 2.16. The molecule has 2 rings (SSSR count). The molecule has 21 heavy (non-hydrogen) atoms. The maximum Gasteiger partial charge on any atom is 0.328 e. The summed E-state index contributed by atoms with van der Waals surface area (Å²) in [5, 5.41) is 0. The Kier molecular flexibility index (Phi) is 4.81. The van der Waals surface area contributed by atoms with Gasteiger partial charge in [0.1, 0.15) is 18.1 Å². The van der Waals surface area contributed by atoms with E-state index >= 15 is 0 Å². The van der Waals surface area contributed by atoms with E-state index in [0.29, 0.717) is 30.9 Å². The zero-order valence-electron chi connectivity index (χ0n) is 12.1. The quantitative estimate of drug-likeness (QED) is 0.867. The highest BCUT2D eigenvalue weighted by Gasteiger charge is 2.03. The first kappa shape index (κ1) is 14.9. The van der Waals surface area contributed by atoms with Crippen molar-refractivity contribution in [3.63, 3.8) is 0 Å². The Morgan fingerprint density at radius 3 is 2.43 bits per heavy atom. The molecule has 0 fully saturated rings. The lowest BCUT2D eigenvalue weighted by atomic mass is 10.3. The van der Waals surface area contributed by atoms with Crippen LogP contribution in [0.3, 0.4) is 0 Å². The average molecular weight is 290 g/mol. The number of H-pyrrole nitrogens is 1. The molecule has 0 atom stereocenters. The van der Waals surface area contributed by atoms with Crippen LogP contribution < -0.4 is 20.7 Å². The summed E-state index contributed by atoms with van der Waals surface area (Å²) < 4.78 is 12.1. The van der Waals surface area contributed by atoms with E-state index in [4.69, 9.17) is 9.47 Å². The van der Waals surface area contributed by atoms with Gasteiger partial charge in [0.15, 0.2) is 0 Å². The molecule has 112 valence electrons. The van der Waals surface area contributed by atoms with Crippen LogP contribution in [0.25, 0.3) is 0 Å². The van der Waals surface area contributed by atoms with Crippen LogP contribution in [0.15, 0.2) is 40.1 Å². The van der Waals surface area contributed by atoms with Gasteiger partial charge >= 0.3 is 5.69 Å². The van der Waals surface area contributed by atoms with Gasteiger partial charge < -0.3 is 9.47 Å². The molecule has 0 aliphatic rings. The third kappa shape index (κ3) is 3.75. The summed E-state index contributed by atoms with van der Waals surface area (Å²) in [4.78, 5) is 25.4.